The molecule has 0 aromatic heterocycles. The molecule has 0 saturated heterocycles. The summed E-state index contributed by atoms with van der Waals surface area (Å²) in [6.07, 6.45) is 10.6. The zero-order valence-corrected chi connectivity index (χ0v) is 5.14. The van der Waals surface area contributed by atoms with E-state index in [1.54, 1.807) is 0 Å². The van der Waals surface area contributed by atoms with Gasteiger partial charge >= 0.3 is 0 Å². The highest BCUT2D eigenvalue weighted by Gasteiger charge is 2.31. The van der Waals surface area contributed by atoms with Crippen LogP contribution >= 0.6 is 0 Å². The van der Waals surface area contributed by atoms with Crippen molar-refractivity contribution < 1.29 is 0 Å². The summed E-state index contributed by atoms with van der Waals surface area (Å²) >= 11 is 0. The Hall–Kier alpha value is 0. The first-order valence-electron chi connectivity index (χ1n) is 3.62. The molecule has 1 atom stereocenters. The largest absolute Gasteiger partial charge is 0.0496 e. The number of hydrogen-bond donors (Lipinski definition) is 0. The maximum absolute atomic E-state index is 2.48. The molecule has 0 heteroatoms. The summed E-state index contributed by atoms with van der Waals surface area (Å²) in [5.41, 5.74) is 0. The van der Waals surface area contributed by atoms with E-state index in [0.717, 1.165) is 11.8 Å². The highest BCUT2D eigenvalue weighted by atomic mass is 14.4. The lowest BCUT2D eigenvalue weighted by Gasteiger charge is -2.38. The quantitative estimate of drug-likeness (QED) is 0.483. The highest BCUT2D eigenvalue weighted by Crippen LogP contribution is 2.42. The fourth-order valence-corrected chi connectivity index (χ4v) is 1.50. The van der Waals surface area contributed by atoms with Gasteiger partial charge in [0.25, 0.3) is 0 Å². The van der Waals surface area contributed by atoms with E-state index in [9.17, 15) is 0 Å². The highest BCUT2D eigenvalue weighted by molar-refractivity contribution is 4.99. The summed E-state index contributed by atoms with van der Waals surface area (Å²) in [5.74, 6) is 2.10. The second kappa shape index (κ2) is 1.75. The fraction of sp³-hybridized carbons (Fsp3) is 0.750. The minimum absolute atomic E-state index is 1.03. The molecule has 2 fully saturated rings. The van der Waals surface area contributed by atoms with Crippen molar-refractivity contribution in [1.82, 2.24) is 0 Å². The second-order valence-corrected chi connectivity index (χ2v) is 3.00. The van der Waals surface area contributed by atoms with Crippen molar-refractivity contribution in [3.63, 3.8) is 0 Å². The first-order valence-corrected chi connectivity index (χ1v) is 3.62. The molecular weight excluding hydrogens is 96.1 g/mol. The molecule has 2 aliphatic rings. The molecule has 0 aromatic rings. The maximum Gasteiger partial charge on any atom is -0.0352 e. The predicted octanol–water partition coefficient (Wildman–Crippen LogP) is 2.21. The molecule has 2 radical (unpaired) electrons. The molecule has 0 N–H and O–H groups in total. The van der Waals surface area contributed by atoms with E-state index in [0.29, 0.717) is 0 Å². The lowest BCUT2D eigenvalue weighted by molar-refractivity contribution is 0.230. The van der Waals surface area contributed by atoms with Gasteiger partial charge in [-0.15, -0.1) is 0 Å². The second-order valence-electron chi connectivity index (χ2n) is 3.00. The average Bonchev–Trinajstić information content (AvgIpc) is 1.47. The van der Waals surface area contributed by atoms with E-state index in [-0.39, 0.29) is 0 Å². The Bertz CT molecular complexity index is 66.0. The van der Waals surface area contributed by atoms with Gasteiger partial charge in [-0.3, -0.25) is 0 Å². The molecule has 0 heterocycles. The van der Waals surface area contributed by atoms with E-state index < -0.39 is 0 Å². The first-order chi connectivity index (χ1) is 3.97. The zero-order valence-electron chi connectivity index (χ0n) is 5.14. The van der Waals surface area contributed by atoms with Gasteiger partial charge in [-0.2, -0.15) is 0 Å². The van der Waals surface area contributed by atoms with Gasteiger partial charge in [-0.1, -0.05) is 0 Å². The van der Waals surface area contributed by atoms with Crippen LogP contribution in [0.2, 0.25) is 0 Å². The summed E-state index contributed by atoms with van der Waals surface area (Å²) in [6, 6.07) is 0. The van der Waals surface area contributed by atoms with Crippen LogP contribution in [0.3, 0.4) is 0 Å². The van der Waals surface area contributed by atoms with E-state index in [2.05, 4.69) is 12.8 Å². The third-order valence-corrected chi connectivity index (χ3v) is 2.51. The average molecular weight is 108 g/mol. The minimum Gasteiger partial charge on any atom is -0.0496 e. The van der Waals surface area contributed by atoms with Crippen LogP contribution in [0, 0.1) is 24.7 Å². The van der Waals surface area contributed by atoms with Gasteiger partial charge in [-0.05, 0) is 50.4 Å². The summed E-state index contributed by atoms with van der Waals surface area (Å²) in [7, 11) is 0. The van der Waals surface area contributed by atoms with Crippen LogP contribution in [0.15, 0.2) is 0 Å². The molecule has 2 rings (SSSR count). The summed E-state index contributed by atoms with van der Waals surface area (Å²) in [6.45, 7) is 0. The Kier molecular flexibility index (Phi) is 1.06. The molecule has 0 aromatic carbocycles. The topological polar surface area (TPSA) is 0 Å². The Morgan fingerprint density at radius 3 is 2.12 bits per heavy atom. The Morgan fingerprint density at radius 1 is 1.25 bits per heavy atom. The third kappa shape index (κ3) is 0.586. The Morgan fingerprint density at radius 2 is 2.00 bits per heavy atom. The Balaban J connectivity index is 1.79. The Labute approximate surface area is 51.3 Å². The molecule has 2 saturated carbocycles. The van der Waals surface area contributed by atoms with Crippen molar-refractivity contribution in [2.24, 2.45) is 11.8 Å². The molecule has 0 spiro atoms. The minimum atomic E-state index is 1.03. The standard InChI is InChI=1S/C8H12/c1-3-7(4-1)8-5-2-6-8/h1,5,7-8H,2-4,6H2. The third-order valence-electron chi connectivity index (χ3n) is 2.51. The smallest absolute Gasteiger partial charge is 0.0352 e. The van der Waals surface area contributed by atoms with Gasteiger partial charge in [0.1, 0.15) is 0 Å². The van der Waals surface area contributed by atoms with Gasteiger partial charge in [0.2, 0.25) is 0 Å². The number of rotatable bonds is 1. The van der Waals surface area contributed by atoms with Crippen molar-refractivity contribution >= 4 is 0 Å². The van der Waals surface area contributed by atoms with Crippen molar-refractivity contribution in [3.8, 4) is 0 Å². The molecule has 44 valence electrons. The van der Waals surface area contributed by atoms with Gasteiger partial charge < -0.3 is 0 Å². The van der Waals surface area contributed by atoms with Gasteiger partial charge in [0.05, 0.1) is 0 Å². The molecule has 8 heavy (non-hydrogen) atoms. The first kappa shape index (κ1) is 4.84. The van der Waals surface area contributed by atoms with Crippen LogP contribution in [0.25, 0.3) is 0 Å². The SMILES string of the molecule is [CH]1CC(C2[CH]CC2)C1. The van der Waals surface area contributed by atoms with Crippen molar-refractivity contribution in [1.29, 1.82) is 0 Å². The van der Waals surface area contributed by atoms with Gasteiger partial charge in [-0.25, -0.2) is 0 Å². The molecule has 1 unspecified atom stereocenters. The van der Waals surface area contributed by atoms with Crippen LogP contribution in [-0.4, -0.2) is 0 Å². The molecule has 0 aliphatic heterocycles. The van der Waals surface area contributed by atoms with E-state index >= 15 is 0 Å². The van der Waals surface area contributed by atoms with Gasteiger partial charge in [0, 0.05) is 0 Å². The zero-order chi connectivity index (χ0) is 5.40. The lowest BCUT2D eigenvalue weighted by atomic mass is 9.67. The van der Waals surface area contributed by atoms with Crippen molar-refractivity contribution in [2.45, 2.75) is 25.7 Å². The molecule has 0 nitrogen and oxygen atoms in total. The normalized spacial score (nSPS) is 31.5. The van der Waals surface area contributed by atoms with Crippen molar-refractivity contribution in [3.05, 3.63) is 12.8 Å². The van der Waals surface area contributed by atoms with Crippen LogP contribution in [-0.2, 0) is 0 Å². The van der Waals surface area contributed by atoms with Crippen LogP contribution in [0.5, 0.6) is 0 Å². The predicted molar refractivity (Wildman–Crippen MR) is 34.0 cm³/mol. The maximum atomic E-state index is 2.48. The van der Waals surface area contributed by atoms with Gasteiger partial charge in [0.15, 0.2) is 0 Å². The van der Waals surface area contributed by atoms with E-state index in [4.69, 9.17) is 0 Å². The van der Waals surface area contributed by atoms with Crippen molar-refractivity contribution in [2.75, 3.05) is 0 Å². The lowest BCUT2D eigenvalue weighted by Crippen LogP contribution is -2.27. The molecular formula is C8H12. The van der Waals surface area contributed by atoms with E-state index in [1.165, 1.54) is 25.7 Å². The molecule has 0 bridgehead atoms. The molecule has 0 amide bonds. The monoisotopic (exact) mass is 108 g/mol. The number of hydrogen-bond acceptors (Lipinski definition) is 0. The van der Waals surface area contributed by atoms with Crippen LogP contribution in [0.1, 0.15) is 25.7 Å². The fourth-order valence-electron chi connectivity index (χ4n) is 1.50. The van der Waals surface area contributed by atoms with E-state index in [1.807, 2.05) is 0 Å². The summed E-state index contributed by atoms with van der Waals surface area (Å²) in [5, 5.41) is 0. The van der Waals surface area contributed by atoms with Crippen LogP contribution in [0.4, 0.5) is 0 Å². The van der Waals surface area contributed by atoms with Crippen LogP contribution < -0.4 is 0 Å². The summed E-state index contributed by atoms with van der Waals surface area (Å²) < 4.78 is 0. The molecule has 2 aliphatic carbocycles. The summed E-state index contributed by atoms with van der Waals surface area (Å²) in [4.78, 5) is 0.